The number of ether oxygens (including phenoxy) is 1. The quantitative estimate of drug-likeness (QED) is 0.515. The van der Waals surface area contributed by atoms with Crippen LogP contribution in [0.25, 0.3) is 11.0 Å². The minimum atomic E-state index is -0.877. The van der Waals surface area contributed by atoms with Gasteiger partial charge >= 0.3 is 5.97 Å². The van der Waals surface area contributed by atoms with Crippen LogP contribution >= 0.6 is 0 Å². The minimum absolute atomic E-state index is 0.0946. The fourth-order valence-corrected chi connectivity index (χ4v) is 2.49. The van der Waals surface area contributed by atoms with E-state index in [9.17, 15) is 9.59 Å². The summed E-state index contributed by atoms with van der Waals surface area (Å²) < 4.78 is 10.7. The molecule has 1 aromatic heterocycles. The maximum atomic E-state index is 12.4. The van der Waals surface area contributed by atoms with Crippen LogP contribution in [0.4, 0.5) is 0 Å². The van der Waals surface area contributed by atoms with Gasteiger partial charge in [0.2, 0.25) is 11.5 Å². The number of fused-ring (bicyclic) bond motifs is 1. The standard InChI is InChI=1S/C20H18O4/c1-3-14-8-10-15(11-9-14)19(21)13(2)23-20(22)18-12-16-6-4-5-7-17(16)24-18/h4-13H,3H2,1-2H3/t13-/m1/s1. The summed E-state index contributed by atoms with van der Waals surface area (Å²) in [4.78, 5) is 24.6. The van der Waals surface area contributed by atoms with Crippen LogP contribution in [0.5, 0.6) is 0 Å². The Bertz CT molecular complexity index is 841. The zero-order valence-electron chi connectivity index (χ0n) is 13.6. The number of Topliss-reactive ketones (excluding diaryl/α,β-unsaturated/α-hetero) is 1. The SMILES string of the molecule is CCc1ccc(C(=O)[C@@H](C)OC(=O)c2cc3ccccc3o2)cc1. The van der Waals surface area contributed by atoms with E-state index in [-0.39, 0.29) is 11.5 Å². The Kier molecular flexibility index (Phi) is 4.47. The summed E-state index contributed by atoms with van der Waals surface area (Å²) in [5, 5.41) is 0.818. The second kappa shape index (κ2) is 6.71. The molecule has 24 heavy (non-hydrogen) atoms. The largest absolute Gasteiger partial charge is 0.449 e. The van der Waals surface area contributed by atoms with Gasteiger partial charge in [-0.05, 0) is 31.0 Å². The topological polar surface area (TPSA) is 56.5 Å². The van der Waals surface area contributed by atoms with Gasteiger partial charge < -0.3 is 9.15 Å². The van der Waals surface area contributed by atoms with Crippen LogP contribution in [0.1, 0.15) is 40.3 Å². The zero-order valence-corrected chi connectivity index (χ0v) is 13.6. The maximum absolute atomic E-state index is 12.4. The molecule has 0 aliphatic heterocycles. The highest BCUT2D eigenvalue weighted by molar-refractivity contribution is 6.01. The highest BCUT2D eigenvalue weighted by Gasteiger charge is 2.22. The van der Waals surface area contributed by atoms with E-state index in [0.717, 1.165) is 17.4 Å². The Hall–Kier alpha value is -2.88. The van der Waals surface area contributed by atoms with Crippen molar-refractivity contribution in [2.45, 2.75) is 26.4 Å². The van der Waals surface area contributed by atoms with Gasteiger partial charge in [-0.3, -0.25) is 4.79 Å². The number of aryl methyl sites for hydroxylation is 1. The van der Waals surface area contributed by atoms with E-state index in [1.807, 2.05) is 30.3 Å². The second-order valence-electron chi connectivity index (χ2n) is 5.61. The Morgan fingerprint density at radius 3 is 2.46 bits per heavy atom. The van der Waals surface area contributed by atoms with Crippen molar-refractivity contribution >= 4 is 22.7 Å². The number of carbonyl (C=O) groups excluding carboxylic acids is 2. The normalized spacial score (nSPS) is 12.1. The fraction of sp³-hybridized carbons (Fsp3) is 0.200. The van der Waals surface area contributed by atoms with Crippen LogP contribution in [0, 0.1) is 0 Å². The number of ketones is 1. The predicted molar refractivity (Wildman–Crippen MR) is 91.2 cm³/mol. The Balaban J connectivity index is 1.71. The summed E-state index contributed by atoms with van der Waals surface area (Å²) in [6.45, 7) is 3.62. The molecule has 3 rings (SSSR count). The number of para-hydroxylation sites is 1. The van der Waals surface area contributed by atoms with E-state index in [2.05, 4.69) is 6.92 Å². The van der Waals surface area contributed by atoms with Gasteiger partial charge in [-0.1, -0.05) is 49.4 Å². The molecule has 0 saturated carbocycles. The fourth-order valence-electron chi connectivity index (χ4n) is 2.49. The van der Waals surface area contributed by atoms with Crippen LogP contribution in [-0.4, -0.2) is 17.9 Å². The smallest absolute Gasteiger partial charge is 0.374 e. The van der Waals surface area contributed by atoms with Gasteiger partial charge in [0, 0.05) is 10.9 Å². The molecule has 4 nitrogen and oxygen atoms in total. The van der Waals surface area contributed by atoms with Gasteiger partial charge in [-0.2, -0.15) is 0 Å². The summed E-state index contributed by atoms with van der Waals surface area (Å²) in [6.07, 6.45) is 0.0311. The molecule has 3 aromatic rings. The van der Waals surface area contributed by atoms with E-state index < -0.39 is 12.1 Å². The second-order valence-corrected chi connectivity index (χ2v) is 5.61. The number of furan rings is 1. The molecular weight excluding hydrogens is 304 g/mol. The number of carbonyl (C=O) groups is 2. The van der Waals surface area contributed by atoms with Crippen LogP contribution in [-0.2, 0) is 11.2 Å². The van der Waals surface area contributed by atoms with Gasteiger partial charge in [-0.15, -0.1) is 0 Å². The molecule has 2 aromatic carbocycles. The van der Waals surface area contributed by atoms with Crippen molar-refractivity contribution in [1.29, 1.82) is 0 Å². The van der Waals surface area contributed by atoms with E-state index >= 15 is 0 Å². The van der Waals surface area contributed by atoms with E-state index in [0.29, 0.717) is 11.1 Å². The molecule has 1 heterocycles. The lowest BCUT2D eigenvalue weighted by atomic mass is 10.0. The van der Waals surface area contributed by atoms with Crippen molar-refractivity contribution in [2.24, 2.45) is 0 Å². The summed E-state index contributed by atoms with van der Waals surface area (Å²) in [6, 6.07) is 16.2. The predicted octanol–water partition coefficient (Wildman–Crippen LogP) is 4.42. The molecule has 0 saturated heterocycles. The Morgan fingerprint density at radius 1 is 1.08 bits per heavy atom. The number of hydrogen-bond acceptors (Lipinski definition) is 4. The van der Waals surface area contributed by atoms with Crippen LogP contribution in [0.3, 0.4) is 0 Å². The molecule has 122 valence electrons. The van der Waals surface area contributed by atoms with E-state index in [4.69, 9.17) is 9.15 Å². The zero-order chi connectivity index (χ0) is 17.1. The first-order valence-electron chi connectivity index (χ1n) is 7.91. The number of benzene rings is 2. The van der Waals surface area contributed by atoms with E-state index in [1.165, 1.54) is 0 Å². The van der Waals surface area contributed by atoms with Crippen LogP contribution in [0.15, 0.2) is 59.0 Å². The van der Waals surface area contributed by atoms with Crippen molar-refractivity contribution < 1.29 is 18.7 Å². The summed E-state index contributed by atoms with van der Waals surface area (Å²) in [5.74, 6) is -0.781. The minimum Gasteiger partial charge on any atom is -0.449 e. The third-order valence-electron chi connectivity index (χ3n) is 3.93. The Morgan fingerprint density at radius 2 is 1.79 bits per heavy atom. The summed E-state index contributed by atoms with van der Waals surface area (Å²) >= 11 is 0. The third-order valence-corrected chi connectivity index (χ3v) is 3.93. The molecule has 0 fully saturated rings. The number of esters is 1. The van der Waals surface area contributed by atoms with E-state index in [1.54, 1.807) is 31.2 Å². The van der Waals surface area contributed by atoms with Crippen LogP contribution < -0.4 is 0 Å². The molecule has 4 heteroatoms. The van der Waals surface area contributed by atoms with Crippen molar-refractivity contribution in [3.8, 4) is 0 Å². The number of rotatable bonds is 5. The van der Waals surface area contributed by atoms with Crippen molar-refractivity contribution in [2.75, 3.05) is 0 Å². The highest BCUT2D eigenvalue weighted by atomic mass is 16.6. The third kappa shape index (κ3) is 3.23. The lowest BCUT2D eigenvalue weighted by Gasteiger charge is -2.11. The lowest BCUT2D eigenvalue weighted by molar-refractivity contribution is 0.0291. The molecule has 0 unspecified atom stereocenters. The molecule has 0 aliphatic rings. The molecule has 0 spiro atoms. The molecule has 0 radical (unpaired) electrons. The van der Waals surface area contributed by atoms with Crippen molar-refractivity contribution in [3.63, 3.8) is 0 Å². The molecule has 0 N–H and O–H groups in total. The highest BCUT2D eigenvalue weighted by Crippen LogP contribution is 2.20. The van der Waals surface area contributed by atoms with Crippen LogP contribution in [0.2, 0.25) is 0 Å². The molecule has 1 atom stereocenters. The molecular formula is C20H18O4. The van der Waals surface area contributed by atoms with Crippen molar-refractivity contribution in [1.82, 2.24) is 0 Å². The summed E-state index contributed by atoms with van der Waals surface area (Å²) in [7, 11) is 0. The number of hydrogen-bond donors (Lipinski definition) is 0. The van der Waals surface area contributed by atoms with Gasteiger partial charge in [0.05, 0.1) is 0 Å². The molecule has 0 bridgehead atoms. The van der Waals surface area contributed by atoms with Gasteiger partial charge in [-0.25, -0.2) is 4.79 Å². The first-order valence-corrected chi connectivity index (χ1v) is 7.91. The monoisotopic (exact) mass is 322 g/mol. The maximum Gasteiger partial charge on any atom is 0.374 e. The first-order chi connectivity index (χ1) is 11.6. The Labute approximate surface area is 140 Å². The van der Waals surface area contributed by atoms with Crippen molar-refractivity contribution in [3.05, 3.63) is 71.5 Å². The average molecular weight is 322 g/mol. The summed E-state index contributed by atoms with van der Waals surface area (Å²) in [5.41, 5.74) is 2.29. The average Bonchev–Trinajstić information content (AvgIpc) is 3.05. The van der Waals surface area contributed by atoms with Gasteiger partial charge in [0.1, 0.15) is 5.58 Å². The van der Waals surface area contributed by atoms with Gasteiger partial charge in [0.15, 0.2) is 6.10 Å². The molecule has 0 amide bonds. The molecule has 0 aliphatic carbocycles. The first kappa shape index (κ1) is 16.0. The van der Waals surface area contributed by atoms with Gasteiger partial charge in [0.25, 0.3) is 0 Å². The lowest BCUT2D eigenvalue weighted by Crippen LogP contribution is -2.24.